The average Bonchev–Trinajstić information content (AvgIpc) is 2.56. The maximum atomic E-state index is 13.7. The average molecular weight is 386 g/mol. The molecule has 1 amide bonds. The minimum atomic E-state index is -3.16. The van der Waals surface area contributed by atoms with Crippen molar-refractivity contribution in [1.82, 2.24) is 9.80 Å². The molecule has 1 aromatic rings. The van der Waals surface area contributed by atoms with Gasteiger partial charge >= 0.3 is 0 Å². The smallest absolute Gasteiger partial charge is 0.260 e. The summed E-state index contributed by atoms with van der Waals surface area (Å²) >= 11 is 0. The minimum Gasteiger partial charge on any atom is -0.336 e. The fourth-order valence-electron chi connectivity index (χ4n) is 2.42. The van der Waals surface area contributed by atoms with Gasteiger partial charge in [-0.05, 0) is 0 Å². The molecule has 0 bridgehead atoms. The van der Waals surface area contributed by atoms with Gasteiger partial charge in [0.25, 0.3) is 5.91 Å². The number of sulfone groups is 1. The van der Waals surface area contributed by atoms with Crippen LogP contribution < -0.4 is 0 Å². The predicted octanol–water partition coefficient (Wildman–Crippen LogP) is 1.18. The van der Waals surface area contributed by atoms with Crippen molar-refractivity contribution in [2.45, 2.75) is 0 Å². The number of benzene rings is 1. The summed E-state index contributed by atoms with van der Waals surface area (Å²) in [5.74, 6) is -12.4. The van der Waals surface area contributed by atoms with Crippen LogP contribution in [0.3, 0.4) is 0 Å². The summed E-state index contributed by atoms with van der Waals surface area (Å²) in [6, 6.07) is 0. The quantitative estimate of drug-likeness (QED) is 0.443. The summed E-state index contributed by atoms with van der Waals surface area (Å²) in [6.07, 6.45) is 1.08. The Kier molecular flexibility index (Phi) is 5.67. The topological polar surface area (TPSA) is 57.7 Å². The summed E-state index contributed by atoms with van der Waals surface area (Å²) in [6.45, 7) is 0.612. The first-order valence-corrected chi connectivity index (χ1v) is 9.29. The molecule has 1 aromatic carbocycles. The maximum Gasteiger partial charge on any atom is 0.260 e. The van der Waals surface area contributed by atoms with Crippen LogP contribution in [0.15, 0.2) is 0 Å². The Labute approximate surface area is 140 Å². The van der Waals surface area contributed by atoms with Crippen molar-refractivity contribution in [3.05, 3.63) is 34.6 Å². The Bertz CT molecular complexity index is 763. The molecule has 0 radical (unpaired) electrons. The number of piperazine rings is 1. The molecule has 0 atom stereocenters. The van der Waals surface area contributed by atoms with E-state index in [1.54, 1.807) is 4.90 Å². The summed E-state index contributed by atoms with van der Waals surface area (Å²) in [4.78, 5) is 14.8. The maximum absolute atomic E-state index is 13.7. The number of hydrogen-bond acceptors (Lipinski definition) is 4. The van der Waals surface area contributed by atoms with Gasteiger partial charge in [-0.25, -0.2) is 30.4 Å². The van der Waals surface area contributed by atoms with Gasteiger partial charge in [0.05, 0.1) is 5.75 Å². The highest BCUT2D eigenvalue weighted by Crippen LogP contribution is 2.24. The van der Waals surface area contributed by atoms with Crippen molar-refractivity contribution in [3.63, 3.8) is 0 Å². The zero-order valence-corrected chi connectivity index (χ0v) is 14.0. The lowest BCUT2D eigenvalue weighted by Crippen LogP contribution is -2.50. The zero-order chi connectivity index (χ0) is 18.9. The molecule has 5 nitrogen and oxygen atoms in total. The van der Waals surface area contributed by atoms with Crippen molar-refractivity contribution in [1.29, 1.82) is 0 Å². The highest BCUT2D eigenvalue weighted by Gasteiger charge is 2.33. The van der Waals surface area contributed by atoms with Crippen molar-refractivity contribution < 1.29 is 35.2 Å². The van der Waals surface area contributed by atoms with Crippen LogP contribution in [-0.4, -0.2) is 68.9 Å². The molecular weight excluding hydrogens is 371 g/mol. The molecule has 1 aliphatic heterocycles. The van der Waals surface area contributed by atoms with Gasteiger partial charge in [0.2, 0.25) is 5.82 Å². The van der Waals surface area contributed by atoms with Crippen LogP contribution >= 0.6 is 0 Å². The molecule has 25 heavy (non-hydrogen) atoms. The molecule has 0 aromatic heterocycles. The van der Waals surface area contributed by atoms with Crippen LogP contribution in [0, 0.1) is 29.1 Å². The highest BCUT2D eigenvalue weighted by atomic mass is 32.2. The van der Waals surface area contributed by atoms with Gasteiger partial charge in [-0.1, -0.05) is 0 Å². The lowest BCUT2D eigenvalue weighted by molar-refractivity contribution is 0.0631. The Balaban J connectivity index is 2.11. The molecule has 2 rings (SSSR count). The van der Waals surface area contributed by atoms with Crippen LogP contribution in [-0.2, 0) is 9.84 Å². The van der Waals surface area contributed by atoms with Gasteiger partial charge in [-0.15, -0.1) is 0 Å². The monoisotopic (exact) mass is 386 g/mol. The molecule has 0 aliphatic carbocycles. The van der Waals surface area contributed by atoms with E-state index in [0.717, 1.165) is 11.2 Å². The van der Waals surface area contributed by atoms with E-state index in [4.69, 9.17) is 0 Å². The van der Waals surface area contributed by atoms with E-state index >= 15 is 0 Å². The van der Waals surface area contributed by atoms with Crippen molar-refractivity contribution in [2.24, 2.45) is 0 Å². The van der Waals surface area contributed by atoms with E-state index in [-0.39, 0.29) is 38.5 Å². The van der Waals surface area contributed by atoms with Crippen LogP contribution in [0.2, 0.25) is 0 Å². The van der Waals surface area contributed by atoms with Gasteiger partial charge < -0.3 is 4.90 Å². The van der Waals surface area contributed by atoms with E-state index in [9.17, 15) is 35.2 Å². The normalized spacial score (nSPS) is 16.3. The Morgan fingerprint density at radius 3 is 1.76 bits per heavy atom. The predicted molar refractivity (Wildman–Crippen MR) is 78.3 cm³/mol. The zero-order valence-electron chi connectivity index (χ0n) is 13.2. The largest absolute Gasteiger partial charge is 0.336 e. The Morgan fingerprint density at radius 1 is 0.880 bits per heavy atom. The lowest BCUT2D eigenvalue weighted by Gasteiger charge is -2.34. The number of carbonyl (C=O) groups excluding carboxylic acids is 1. The van der Waals surface area contributed by atoms with E-state index in [0.29, 0.717) is 0 Å². The molecule has 0 saturated carbocycles. The minimum absolute atomic E-state index is 0.0257. The molecule has 0 N–H and O–H groups in total. The first-order valence-electron chi connectivity index (χ1n) is 7.23. The first kappa shape index (κ1) is 19.6. The van der Waals surface area contributed by atoms with Crippen LogP contribution in [0.25, 0.3) is 0 Å². The third kappa shape index (κ3) is 4.27. The molecule has 140 valence electrons. The number of carbonyl (C=O) groups is 1. The number of rotatable bonds is 4. The van der Waals surface area contributed by atoms with Gasteiger partial charge in [0.1, 0.15) is 15.4 Å². The molecule has 1 heterocycles. The standard InChI is InChI=1S/C14H15F5N2O3S/c1-25(23,24)7-6-20-2-4-21(5-3-20)14(22)8-9(15)11(17)13(19)12(18)10(8)16/h2-7H2,1H3. The van der Waals surface area contributed by atoms with Crippen LogP contribution in [0.1, 0.15) is 10.4 Å². The highest BCUT2D eigenvalue weighted by molar-refractivity contribution is 7.90. The van der Waals surface area contributed by atoms with Gasteiger partial charge in [-0.3, -0.25) is 9.69 Å². The summed E-state index contributed by atoms with van der Waals surface area (Å²) in [5, 5.41) is 0. The van der Waals surface area contributed by atoms with Gasteiger partial charge in [0, 0.05) is 39.0 Å². The fourth-order valence-corrected chi connectivity index (χ4v) is 3.01. The number of halogens is 5. The number of amides is 1. The van der Waals surface area contributed by atoms with Crippen molar-refractivity contribution >= 4 is 15.7 Å². The second-order valence-electron chi connectivity index (χ2n) is 5.71. The Hall–Kier alpha value is -1.75. The molecule has 1 saturated heterocycles. The third-order valence-corrected chi connectivity index (χ3v) is 4.79. The number of hydrogen-bond donors (Lipinski definition) is 0. The summed E-state index contributed by atoms with van der Waals surface area (Å²) < 4.78 is 89.1. The summed E-state index contributed by atoms with van der Waals surface area (Å²) in [7, 11) is -3.16. The second-order valence-corrected chi connectivity index (χ2v) is 7.97. The third-order valence-electron chi connectivity index (χ3n) is 3.86. The van der Waals surface area contributed by atoms with E-state index < -0.39 is 50.4 Å². The van der Waals surface area contributed by atoms with E-state index in [1.807, 2.05) is 0 Å². The summed E-state index contributed by atoms with van der Waals surface area (Å²) in [5.41, 5.74) is -1.49. The van der Waals surface area contributed by atoms with Crippen LogP contribution in [0.4, 0.5) is 22.0 Å². The Morgan fingerprint density at radius 2 is 1.32 bits per heavy atom. The molecular formula is C14H15F5N2O3S. The number of nitrogens with zero attached hydrogens (tertiary/aromatic N) is 2. The fraction of sp³-hybridized carbons (Fsp3) is 0.500. The van der Waals surface area contributed by atoms with Crippen molar-refractivity contribution in [3.8, 4) is 0 Å². The van der Waals surface area contributed by atoms with Crippen molar-refractivity contribution in [2.75, 3.05) is 44.7 Å². The molecule has 0 spiro atoms. The lowest BCUT2D eigenvalue weighted by atomic mass is 10.1. The SMILES string of the molecule is CS(=O)(=O)CCN1CCN(C(=O)c2c(F)c(F)c(F)c(F)c2F)CC1. The molecule has 1 fully saturated rings. The van der Waals surface area contributed by atoms with Crippen LogP contribution in [0.5, 0.6) is 0 Å². The van der Waals surface area contributed by atoms with Gasteiger partial charge in [-0.2, -0.15) is 0 Å². The van der Waals surface area contributed by atoms with E-state index in [2.05, 4.69) is 0 Å². The molecule has 0 unspecified atom stereocenters. The van der Waals surface area contributed by atoms with E-state index in [1.165, 1.54) is 0 Å². The van der Waals surface area contributed by atoms with Gasteiger partial charge in [0.15, 0.2) is 23.3 Å². The molecule has 1 aliphatic rings. The molecule has 11 heteroatoms. The second kappa shape index (κ2) is 7.24. The first-order chi connectivity index (χ1) is 11.5.